The minimum Gasteiger partial charge on any atom is -0.480 e. The van der Waals surface area contributed by atoms with Crippen LogP contribution in [0.1, 0.15) is 29.5 Å². The Hall–Kier alpha value is -1.50. The first kappa shape index (κ1) is 14.6. The zero-order valence-electron chi connectivity index (χ0n) is 10.3. The summed E-state index contributed by atoms with van der Waals surface area (Å²) in [4.78, 5) is 22.9. The Balaban J connectivity index is 2.69. The fourth-order valence-electron chi connectivity index (χ4n) is 1.43. The number of carboxylic acid groups (broad SMARTS) is 1. The number of nitrogens with one attached hydrogen (secondary N) is 1. The first-order valence-corrected chi connectivity index (χ1v) is 6.95. The van der Waals surface area contributed by atoms with Crippen LogP contribution in [0.5, 0.6) is 0 Å². The molecule has 1 heterocycles. The summed E-state index contributed by atoms with van der Waals surface area (Å²) in [6.07, 6.45) is 4.11. The molecule has 6 nitrogen and oxygen atoms in total. The lowest BCUT2D eigenvalue weighted by Crippen LogP contribution is -2.41. The van der Waals surface area contributed by atoms with Gasteiger partial charge in [0, 0.05) is 6.42 Å². The van der Waals surface area contributed by atoms with Crippen LogP contribution >= 0.6 is 11.8 Å². The quantitative estimate of drug-likeness (QED) is 0.774. The maximum Gasteiger partial charge on any atom is 0.326 e. The molecular formula is C11H16N2O4S. The molecular weight excluding hydrogens is 256 g/mol. The molecule has 2 N–H and O–H groups in total. The second-order valence-electron chi connectivity index (χ2n) is 3.66. The molecule has 0 aliphatic heterocycles. The second-order valence-corrected chi connectivity index (χ2v) is 4.65. The van der Waals surface area contributed by atoms with Crippen molar-refractivity contribution in [3.05, 3.63) is 17.5 Å². The topological polar surface area (TPSA) is 92.4 Å². The number of carbonyl (C=O) groups excluding carboxylic acids is 1. The summed E-state index contributed by atoms with van der Waals surface area (Å²) in [6.45, 7) is 1.83. The van der Waals surface area contributed by atoms with Gasteiger partial charge in [0.1, 0.15) is 17.4 Å². The molecule has 0 fully saturated rings. The zero-order chi connectivity index (χ0) is 13.5. The molecule has 7 heteroatoms. The largest absolute Gasteiger partial charge is 0.480 e. The normalized spacial score (nSPS) is 12.1. The van der Waals surface area contributed by atoms with Gasteiger partial charge in [-0.25, -0.2) is 4.79 Å². The van der Waals surface area contributed by atoms with Crippen LogP contribution in [0.3, 0.4) is 0 Å². The molecule has 1 rings (SSSR count). The molecule has 0 bridgehead atoms. The molecule has 1 amide bonds. The van der Waals surface area contributed by atoms with E-state index in [4.69, 9.17) is 9.63 Å². The first-order valence-electron chi connectivity index (χ1n) is 5.56. The average Bonchev–Trinajstić information content (AvgIpc) is 2.82. The van der Waals surface area contributed by atoms with E-state index in [0.29, 0.717) is 29.9 Å². The third kappa shape index (κ3) is 3.76. The van der Waals surface area contributed by atoms with Crippen molar-refractivity contribution in [2.24, 2.45) is 0 Å². The van der Waals surface area contributed by atoms with Crippen molar-refractivity contribution in [1.82, 2.24) is 10.5 Å². The van der Waals surface area contributed by atoms with Gasteiger partial charge in [-0.1, -0.05) is 12.1 Å². The van der Waals surface area contributed by atoms with E-state index in [0.717, 1.165) is 0 Å². The summed E-state index contributed by atoms with van der Waals surface area (Å²) < 4.78 is 4.90. The second kappa shape index (κ2) is 7.05. The predicted octanol–water partition coefficient (Wildman–Crippen LogP) is 1.17. The summed E-state index contributed by atoms with van der Waals surface area (Å²) in [6, 6.07) is -0.885. The number of carbonyl (C=O) groups is 2. The number of amides is 1. The van der Waals surface area contributed by atoms with Gasteiger partial charge in [-0.2, -0.15) is 11.8 Å². The summed E-state index contributed by atoms with van der Waals surface area (Å²) >= 11 is 1.53. The molecule has 0 spiro atoms. The first-order chi connectivity index (χ1) is 8.60. The van der Waals surface area contributed by atoms with Crippen molar-refractivity contribution in [3.8, 4) is 0 Å². The predicted molar refractivity (Wildman–Crippen MR) is 67.8 cm³/mol. The van der Waals surface area contributed by atoms with Crippen molar-refractivity contribution in [3.63, 3.8) is 0 Å². The Morgan fingerprint density at radius 2 is 2.33 bits per heavy atom. The molecule has 1 aromatic heterocycles. The average molecular weight is 272 g/mol. The van der Waals surface area contributed by atoms with Crippen molar-refractivity contribution in [2.45, 2.75) is 25.8 Å². The molecule has 0 saturated carbocycles. The Morgan fingerprint density at radius 3 is 2.89 bits per heavy atom. The molecule has 0 aliphatic carbocycles. The third-order valence-corrected chi connectivity index (χ3v) is 3.07. The molecule has 0 aliphatic rings. The minimum atomic E-state index is -1.04. The maximum atomic E-state index is 11.9. The van der Waals surface area contributed by atoms with E-state index in [1.54, 1.807) is 0 Å². The van der Waals surface area contributed by atoms with Crippen LogP contribution in [-0.4, -0.2) is 40.2 Å². The van der Waals surface area contributed by atoms with Crippen molar-refractivity contribution in [1.29, 1.82) is 0 Å². The lowest BCUT2D eigenvalue weighted by Gasteiger charge is -2.13. The fraction of sp³-hybridized carbons (Fsp3) is 0.545. The number of carboxylic acids is 1. The van der Waals surface area contributed by atoms with Gasteiger partial charge in [0.25, 0.3) is 5.91 Å². The standard InChI is InChI=1S/C11H16N2O4S/c1-3-9-7(6-12-17-9)10(14)13-8(11(15)16)4-5-18-2/h6,8H,3-5H2,1-2H3,(H,13,14)(H,15,16)/t8-/m0/s1. The molecule has 100 valence electrons. The van der Waals surface area contributed by atoms with E-state index in [1.165, 1.54) is 18.0 Å². The van der Waals surface area contributed by atoms with Crippen LogP contribution in [0.4, 0.5) is 0 Å². The van der Waals surface area contributed by atoms with Crippen LogP contribution in [0.25, 0.3) is 0 Å². The minimum absolute atomic E-state index is 0.299. The van der Waals surface area contributed by atoms with Crippen LogP contribution in [-0.2, 0) is 11.2 Å². The van der Waals surface area contributed by atoms with E-state index in [-0.39, 0.29) is 0 Å². The van der Waals surface area contributed by atoms with Crippen molar-refractivity contribution >= 4 is 23.6 Å². The van der Waals surface area contributed by atoms with Gasteiger partial charge in [-0.15, -0.1) is 0 Å². The van der Waals surface area contributed by atoms with E-state index in [9.17, 15) is 9.59 Å². The van der Waals surface area contributed by atoms with E-state index >= 15 is 0 Å². The molecule has 0 aromatic carbocycles. The molecule has 1 atom stereocenters. The third-order valence-electron chi connectivity index (χ3n) is 2.42. The van der Waals surface area contributed by atoms with Crippen LogP contribution < -0.4 is 5.32 Å². The number of thioether (sulfide) groups is 1. The van der Waals surface area contributed by atoms with Gasteiger partial charge in [0.05, 0.1) is 6.20 Å². The molecule has 18 heavy (non-hydrogen) atoms. The van der Waals surface area contributed by atoms with Gasteiger partial charge in [0.2, 0.25) is 0 Å². The number of aliphatic carboxylic acids is 1. The number of aryl methyl sites for hydroxylation is 1. The SMILES string of the molecule is CCc1oncc1C(=O)N[C@@H](CCSC)C(=O)O. The fourth-order valence-corrected chi connectivity index (χ4v) is 1.90. The van der Waals surface area contributed by atoms with Crippen LogP contribution in [0.2, 0.25) is 0 Å². The van der Waals surface area contributed by atoms with E-state index in [1.807, 2.05) is 13.2 Å². The smallest absolute Gasteiger partial charge is 0.326 e. The summed E-state index contributed by atoms with van der Waals surface area (Å²) in [5.74, 6) is -0.364. The highest BCUT2D eigenvalue weighted by Crippen LogP contribution is 2.09. The van der Waals surface area contributed by atoms with E-state index in [2.05, 4.69) is 10.5 Å². The van der Waals surface area contributed by atoms with Crippen LogP contribution in [0.15, 0.2) is 10.7 Å². The highest BCUT2D eigenvalue weighted by Gasteiger charge is 2.22. The Bertz CT molecular complexity index is 419. The molecule has 1 aromatic rings. The summed E-state index contributed by atoms with van der Waals surface area (Å²) in [5.41, 5.74) is 0.299. The summed E-state index contributed by atoms with van der Waals surface area (Å²) in [7, 11) is 0. The van der Waals surface area contributed by atoms with Gasteiger partial charge < -0.3 is 14.9 Å². The number of hydrogen-bond donors (Lipinski definition) is 2. The Morgan fingerprint density at radius 1 is 1.61 bits per heavy atom. The number of aromatic nitrogens is 1. The number of hydrogen-bond acceptors (Lipinski definition) is 5. The Kier molecular flexibility index (Phi) is 5.70. The monoisotopic (exact) mass is 272 g/mol. The molecule has 0 radical (unpaired) electrons. The van der Waals surface area contributed by atoms with Crippen molar-refractivity contribution in [2.75, 3.05) is 12.0 Å². The zero-order valence-corrected chi connectivity index (χ0v) is 11.1. The van der Waals surface area contributed by atoms with Gasteiger partial charge in [-0.05, 0) is 18.4 Å². The molecule has 0 saturated heterocycles. The lowest BCUT2D eigenvalue weighted by molar-refractivity contribution is -0.139. The highest BCUT2D eigenvalue weighted by atomic mass is 32.2. The van der Waals surface area contributed by atoms with E-state index < -0.39 is 17.9 Å². The van der Waals surface area contributed by atoms with Crippen molar-refractivity contribution < 1.29 is 19.2 Å². The van der Waals surface area contributed by atoms with Gasteiger partial charge in [-0.3, -0.25) is 4.79 Å². The van der Waals surface area contributed by atoms with Crippen LogP contribution in [0, 0.1) is 0 Å². The Labute approximate surface area is 109 Å². The number of nitrogens with zero attached hydrogens (tertiary/aromatic N) is 1. The summed E-state index contributed by atoms with van der Waals surface area (Å²) in [5, 5.41) is 15.0. The molecule has 0 unspecified atom stereocenters. The van der Waals surface area contributed by atoms with Gasteiger partial charge in [0.15, 0.2) is 0 Å². The maximum absolute atomic E-state index is 11.9. The highest BCUT2D eigenvalue weighted by molar-refractivity contribution is 7.98. The number of rotatable bonds is 7. The van der Waals surface area contributed by atoms with Gasteiger partial charge >= 0.3 is 5.97 Å². The lowest BCUT2D eigenvalue weighted by atomic mass is 10.1.